The van der Waals surface area contributed by atoms with Gasteiger partial charge in [0.25, 0.3) is 5.91 Å². The lowest BCUT2D eigenvalue weighted by Crippen LogP contribution is -2.31. The van der Waals surface area contributed by atoms with E-state index in [9.17, 15) is 4.79 Å². The highest BCUT2D eigenvalue weighted by atomic mass is 16.3. The van der Waals surface area contributed by atoms with E-state index < -0.39 is 0 Å². The first-order valence-electron chi connectivity index (χ1n) is 5.78. The van der Waals surface area contributed by atoms with Gasteiger partial charge in [-0.3, -0.25) is 9.89 Å². The van der Waals surface area contributed by atoms with Gasteiger partial charge in [-0.15, -0.1) is 0 Å². The van der Waals surface area contributed by atoms with Gasteiger partial charge in [-0.05, 0) is 24.6 Å². The fraction of sp³-hybridized carbons (Fsp3) is 0.333. The molecule has 6 nitrogen and oxygen atoms in total. The second kappa shape index (κ2) is 5.50. The van der Waals surface area contributed by atoms with Gasteiger partial charge in [0, 0.05) is 12.6 Å². The summed E-state index contributed by atoms with van der Waals surface area (Å²) in [5.74, 6) is 0.679. The van der Waals surface area contributed by atoms with Crippen molar-refractivity contribution in [2.24, 2.45) is 11.7 Å². The highest BCUT2D eigenvalue weighted by Crippen LogP contribution is 2.17. The van der Waals surface area contributed by atoms with Gasteiger partial charge in [-0.25, -0.2) is 0 Å². The lowest BCUT2D eigenvalue weighted by atomic mass is 10.2. The van der Waals surface area contributed by atoms with Gasteiger partial charge >= 0.3 is 0 Å². The monoisotopic (exact) mass is 248 g/mol. The van der Waals surface area contributed by atoms with E-state index >= 15 is 0 Å². The SMILES string of the molecule is CC(CN)CNC(=O)c1cc(-c2ccco2)[nH]n1. The topological polar surface area (TPSA) is 96.9 Å². The fourth-order valence-electron chi connectivity index (χ4n) is 1.44. The molecule has 4 N–H and O–H groups in total. The molecule has 0 aliphatic rings. The molecule has 1 unspecified atom stereocenters. The summed E-state index contributed by atoms with van der Waals surface area (Å²) in [5, 5.41) is 9.49. The van der Waals surface area contributed by atoms with Crippen molar-refractivity contribution in [3.8, 4) is 11.5 Å². The Labute approximate surface area is 105 Å². The minimum atomic E-state index is -0.218. The van der Waals surface area contributed by atoms with E-state index in [4.69, 9.17) is 10.2 Å². The average molecular weight is 248 g/mol. The van der Waals surface area contributed by atoms with Crippen molar-refractivity contribution in [2.45, 2.75) is 6.92 Å². The third-order valence-corrected chi connectivity index (χ3v) is 2.61. The van der Waals surface area contributed by atoms with E-state index in [0.717, 1.165) is 0 Å². The van der Waals surface area contributed by atoms with Gasteiger partial charge in [0.05, 0.1) is 6.26 Å². The van der Waals surface area contributed by atoms with Crippen LogP contribution in [0.3, 0.4) is 0 Å². The van der Waals surface area contributed by atoms with Crippen LogP contribution in [0.4, 0.5) is 0 Å². The van der Waals surface area contributed by atoms with Crippen LogP contribution in [0.25, 0.3) is 11.5 Å². The largest absolute Gasteiger partial charge is 0.463 e. The number of rotatable bonds is 5. The number of aromatic amines is 1. The minimum absolute atomic E-state index is 0.218. The van der Waals surface area contributed by atoms with Crippen molar-refractivity contribution in [3.63, 3.8) is 0 Å². The summed E-state index contributed by atoms with van der Waals surface area (Å²) in [6.07, 6.45) is 1.57. The second-order valence-electron chi connectivity index (χ2n) is 4.20. The Kier molecular flexibility index (Phi) is 3.78. The van der Waals surface area contributed by atoms with Gasteiger partial charge in [-0.1, -0.05) is 6.92 Å². The number of nitrogens with zero attached hydrogens (tertiary/aromatic N) is 1. The number of aromatic nitrogens is 2. The maximum atomic E-state index is 11.8. The number of H-pyrrole nitrogens is 1. The van der Waals surface area contributed by atoms with Crippen LogP contribution in [0.15, 0.2) is 28.9 Å². The smallest absolute Gasteiger partial charge is 0.271 e. The number of nitrogens with two attached hydrogens (primary N) is 1. The van der Waals surface area contributed by atoms with Crippen LogP contribution in [0.2, 0.25) is 0 Å². The van der Waals surface area contributed by atoms with Crippen LogP contribution >= 0.6 is 0 Å². The molecule has 2 rings (SSSR count). The molecule has 6 heteroatoms. The lowest BCUT2D eigenvalue weighted by molar-refractivity contribution is 0.0943. The van der Waals surface area contributed by atoms with Gasteiger partial charge in [-0.2, -0.15) is 5.10 Å². The molecule has 2 aromatic heterocycles. The van der Waals surface area contributed by atoms with Crippen molar-refractivity contribution >= 4 is 5.91 Å². The van der Waals surface area contributed by atoms with E-state index in [1.165, 1.54) is 0 Å². The third-order valence-electron chi connectivity index (χ3n) is 2.61. The standard InChI is InChI=1S/C12H16N4O2/c1-8(6-13)7-14-12(17)10-5-9(15-16-10)11-3-2-4-18-11/h2-5,8H,6-7,13H2,1H3,(H,14,17)(H,15,16). The first-order valence-corrected chi connectivity index (χ1v) is 5.78. The van der Waals surface area contributed by atoms with E-state index in [-0.39, 0.29) is 11.8 Å². The van der Waals surface area contributed by atoms with Crippen LogP contribution in [0.1, 0.15) is 17.4 Å². The quantitative estimate of drug-likeness (QED) is 0.735. The summed E-state index contributed by atoms with van der Waals surface area (Å²) >= 11 is 0. The molecule has 0 aliphatic heterocycles. The second-order valence-corrected chi connectivity index (χ2v) is 4.20. The summed E-state index contributed by atoms with van der Waals surface area (Å²) in [4.78, 5) is 11.8. The molecule has 0 aromatic carbocycles. The summed E-state index contributed by atoms with van der Waals surface area (Å²) < 4.78 is 5.21. The van der Waals surface area contributed by atoms with Crippen LogP contribution < -0.4 is 11.1 Å². The summed E-state index contributed by atoms with van der Waals surface area (Å²) in [6, 6.07) is 5.23. The Balaban J connectivity index is 1.99. The van der Waals surface area contributed by atoms with Crippen molar-refractivity contribution in [2.75, 3.05) is 13.1 Å². The fourth-order valence-corrected chi connectivity index (χ4v) is 1.44. The number of nitrogens with one attached hydrogen (secondary N) is 2. The zero-order chi connectivity index (χ0) is 13.0. The van der Waals surface area contributed by atoms with E-state index in [1.54, 1.807) is 24.5 Å². The first kappa shape index (κ1) is 12.4. The predicted octanol–water partition coefficient (Wildman–Crippen LogP) is 0.994. The minimum Gasteiger partial charge on any atom is -0.463 e. The van der Waals surface area contributed by atoms with E-state index in [0.29, 0.717) is 30.2 Å². The number of hydrogen-bond acceptors (Lipinski definition) is 4. The zero-order valence-electron chi connectivity index (χ0n) is 10.1. The Morgan fingerprint density at radius 2 is 2.50 bits per heavy atom. The Morgan fingerprint density at radius 3 is 3.17 bits per heavy atom. The van der Waals surface area contributed by atoms with Crippen LogP contribution in [0, 0.1) is 5.92 Å². The maximum Gasteiger partial charge on any atom is 0.271 e. The molecular weight excluding hydrogens is 232 g/mol. The molecule has 2 heterocycles. The van der Waals surface area contributed by atoms with E-state index in [1.807, 2.05) is 6.92 Å². The molecule has 0 spiro atoms. The predicted molar refractivity (Wildman–Crippen MR) is 66.8 cm³/mol. The van der Waals surface area contributed by atoms with Gasteiger partial charge in [0.15, 0.2) is 11.5 Å². The van der Waals surface area contributed by atoms with Gasteiger partial charge < -0.3 is 15.5 Å². The molecule has 2 aromatic rings. The Hall–Kier alpha value is -2.08. The first-order chi connectivity index (χ1) is 8.70. The molecule has 1 atom stereocenters. The molecule has 0 bridgehead atoms. The molecule has 0 fully saturated rings. The molecule has 0 saturated heterocycles. The van der Waals surface area contributed by atoms with E-state index in [2.05, 4.69) is 15.5 Å². The number of furan rings is 1. The van der Waals surface area contributed by atoms with Crippen molar-refractivity contribution in [1.29, 1.82) is 0 Å². The summed E-state index contributed by atoms with van der Waals surface area (Å²) in [5.41, 5.74) is 6.50. The third kappa shape index (κ3) is 2.78. The number of hydrogen-bond donors (Lipinski definition) is 3. The van der Waals surface area contributed by atoms with Crippen molar-refractivity contribution in [3.05, 3.63) is 30.2 Å². The van der Waals surface area contributed by atoms with Crippen LogP contribution in [0.5, 0.6) is 0 Å². The highest BCUT2D eigenvalue weighted by Gasteiger charge is 2.12. The maximum absolute atomic E-state index is 11.8. The van der Waals surface area contributed by atoms with Gasteiger partial charge in [0.2, 0.25) is 0 Å². The van der Waals surface area contributed by atoms with Gasteiger partial charge in [0.1, 0.15) is 5.69 Å². The zero-order valence-corrected chi connectivity index (χ0v) is 10.1. The average Bonchev–Trinajstić information content (AvgIpc) is 3.04. The molecule has 0 saturated carbocycles. The molecule has 96 valence electrons. The van der Waals surface area contributed by atoms with Crippen molar-refractivity contribution in [1.82, 2.24) is 15.5 Å². The van der Waals surface area contributed by atoms with Crippen LogP contribution in [-0.2, 0) is 0 Å². The normalized spacial score (nSPS) is 12.3. The molecular formula is C12H16N4O2. The Morgan fingerprint density at radius 1 is 1.67 bits per heavy atom. The number of amides is 1. The highest BCUT2D eigenvalue weighted by molar-refractivity contribution is 5.93. The number of carbonyl (C=O) groups excluding carboxylic acids is 1. The van der Waals surface area contributed by atoms with Crippen molar-refractivity contribution < 1.29 is 9.21 Å². The number of carbonyl (C=O) groups is 1. The molecule has 0 radical (unpaired) electrons. The summed E-state index contributed by atoms with van der Waals surface area (Å²) in [6.45, 7) is 3.05. The Bertz CT molecular complexity index is 504. The molecule has 18 heavy (non-hydrogen) atoms. The molecule has 1 amide bonds. The molecule has 0 aliphatic carbocycles. The lowest BCUT2D eigenvalue weighted by Gasteiger charge is -2.08. The summed E-state index contributed by atoms with van der Waals surface area (Å²) in [7, 11) is 0. The van der Waals surface area contributed by atoms with Crippen LogP contribution in [-0.4, -0.2) is 29.2 Å².